The van der Waals surface area contributed by atoms with Crippen LogP contribution in [-0.4, -0.2) is 26.0 Å². The molecule has 0 aromatic rings. The molecule has 0 aliphatic carbocycles. The second-order valence-electron chi connectivity index (χ2n) is 1.56. The highest BCUT2D eigenvalue weighted by molar-refractivity contribution is 8.21. The summed E-state index contributed by atoms with van der Waals surface area (Å²) in [5, 5.41) is 0. The highest BCUT2D eigenvalue weighted by atomic mass is 35.7. The molecule has 0 spiro atoms. The van der Waals surface area contributed by atoms with Gasteiger partial charge in [0, 0.05) is 10.7 Å². The van der Waals surface area contributed by atoms with Gasteiger partial charge in [0.25, 0.3) is 19.2 Å². The van der Waals surface area contributed by atoms with Gasteiger partial charge in [0.2, 0.25) is 0 Å². The topological polar surface area (TPSA) is 88.5 Å². The number of halogens is 1. The molecule has 0 saturated heterocycles. The van der Waals surface area contributed by atoms with Crippen LogP contribution in [0.2, 0.25) is 0 Å². The molecule has 0 aromatic heterocycles. The summed E-state index contributed by atoms with van der Waals surface area (Å²) in [6.07, 6.45) is 0. The van der Waals surface area contributed by atoms with E-state index in [2.05, 4.69) is 10.7 Å². The van der Waals surface area contributed by atoms with Crippen molar-refractivity contribution in [1.29, 1.82) is 0 Å². The van der Waals surface area contributed by atoms with Crippen molar-refractivity contribution < 1.29 is 21.4 Å². The minimum Gasteiger partial charge on any atom is -0.285 e. The van der Waals surface area contributed by atoms with Gasteiger partial charge in [-0.3, -0.25) is 4.55 Å². The van der Waals surface area contributed by atoms with Crippen molar-refractivity contribution in [3.8, 4) is 0 Å². The van der Waals surface area contributed by atoms with E-state index < -0.39 is 23.8 Å². The van der Waals surface area contributed by atoms with E-state index in [1.807, 2.05) is 0 Å². The zero-order chi connectivity index (χ0) is 8.58. The fraction of sp³-hybridized carbons (Fsp3) is 1.00. The molecule has 62 valence electrons. The van der Waals surface area contributed by atoms with Crippen molar-refractivity contribution in [2.45, 2.75) is 11.5 Å². The van der Waals surface area contributed by atoms with Gasteiger partial charge in [-0.25, -0.2) is 8.42 Å². The molecule has 1 N–H and O–H groups in total. The smallest absolute Gasteiger partial charge is 0.283 e. The zero-order valence-corrected chi connectivity index (χ0v) is 7.24. The van der Waals surface area contributed by atoms with Gasteiger partial charge in [0.05, 0.1) is 0 Å². The quantitative estimate of drug-likeness (QED) is 0.501. The van der Waals surface area contributed by atoms with Crippen molar-refractivity contribution in [2.75, 3.05) is 0 Å². The Morgan fingerprint density at radius 3 is 1.60 bits per heavy atom. The Bertz CT molecular complexity index is 267. The van der Waals surface area contributed by atoms with Crippen LogP contribution in [0.1, 0.15) is 6.92 Å². The minimum atomic E-state index is -4.58. The Hall–Kier alpha value is 0.150. The maximum absolute atomic E-state index is 10.2. The van der Waals surface area contributed by atoms with E-state index in [4.69, 9.17) is 4.55 Å². The molecule has 0 saturated carbocycles. The highest BCUT2D eigenvalue weighted by Crippen LogP contribution is 2.11. The third-order valence-electron chi connectivity index (χ3n) is 0.816. The number of hydrogen-bond donors (Lipinski definition) is 1. The normalized spacial score (nSPS) is 16.7. The van der Waals surface area contributed by atoms with Gasteiger partial charge in [-0.15, -0.1) is 0 Å². The Labute approximate surface area is 63.2 Å². The standard InChI is InChI=1S/C2H5ClO5S2/c1-2(9(3,4)5)10(6,7)8/h2H,1H3,(H,6,7,8). The van der Waals surface area contributed by atoms with E-state index >= 15 is 0 Å². The molecule has 8 heteroatoms. The lowest BCUT2D eigenvalue weighted by Crippen LogP contribution is -2.22. The number of rotatable bonds is 2. The molecule has 0 aromatic carbocycles. The Morgan fingerprint density at radius 1 is 1.30 bits per heavy atom. The molecule has 10 heavy (non-hydrogen) atoms. The molecule has 0 rings (SSSR count). The summed E-state index contributed by atoms with van der Waals surface area (Å²) in [7, 11) is -4.21. The first-order valence-corrected chi connectivity index (χ1v) is 5.93. The number of hydrogen-bond acceptors (Lipinski definition) is 4. The van der Waals surface area contributed by atoms with Crippen LogP contribution in [0, 0.1) is 0 Å². The molecular weight excluding hydrogens is 204 g/mol. The third kappa shape index (κ3) is 2.82. The van der Waals surface area contributed by atoms with Gasteiger partial charge in [-0.05, 0) is 6.92 Å². The molecule has 0 heterocycles. The molecule has 1 unspecified atom stereocenters. The summed E-state index contributed by atoms with van der Waals surface area (Å²) in [4.78, 5) is 0. The lowest BCUT2D eigenvalue weighted by molar-refractivity contribution is 0.479. The average molecular weight is 209 g/mol. The molecule has 0 amide bonds. The second-order valence-corrected chi connectivity index (χ2v) is 6.54. The first-order chi connectivity index (χ1) is 4.15. The zero-order valence-electron chi connectivity index (χ0n) is 4.85. The van der Waals surface area contributed by atoms with E-state index in [1.54, 1.807) is 0 Å². The predicted octanol–water partition coefficient (Wildman–Crippen LogP) is -0.211. The summed E-state index contributed by atoms with van der Waals surface area (Å²) in [5.41, 5.74) is 0. The molecule has 0 fully saturated rings. The van der Waals surface area contributed by atoms with Crippen LogP contribution in [0.5, 0.6) is 0 Å². The first-order valence-electron chi connectivity index (χ1n) is 2.05. The third-order valence-corrected chi connectivity index (χ3v) is 5.06. The largest absolute Gasteiger partial charge is 0.285 e. The van der Waals surface area contributed by atoms with Gasteiger partial charge in [-0.1, -0.05) is 0 Å². The lowest BCUT2D eigenvalue weighted by atomic mass is 11.0. The van der Waals surface area contributed by atoms with Crippen LogP contribution in [0.25, 0.3) is 0 Å². The van der Waals surface area contributed by atoms with Gasteiger partial charge < -0.3 is 0 Å². The first kappa shape index (κ1) is 10.2. The Kier molecular flexibility index (Phi) is 2.69. The monoisotopic (exact) mass is 208 g/mol. The summed E-state index contributed by atoms with van der Waals surface area (Å²) in [6, 6.07) is 0. The van der Waals surface area contributed by atoms with Crippen LogP contribution in [0.3, 0.4) is 0 Å². The summed E-state index contributed by atoms with van der Waals surface area (Å²) < 4.78 is 46.7. The second kappa shape index (κ2) is 2.65. The molecule has 0 aliphatic rings. The van der Waals surface area contributed by atoms with E-state index in [0.717, 1.165) is 6.92 Å². The fourth-order valence-electron chi connectivity index (χ4n) is 0.145. The van der Waals surface area contributed by atoms with Crippen molar-refractivity contribution in [3.63, 3.8) is 0 Å². The van der Waals surface area contributed by atoms with Gasteiger partial charge >= 0.3 is 0 Å². The molecular formula is C2H5ClO5S2. The van der Waals surface area contributed by atoms with Crippen LogP contribution in [-0.2, 0) is 19.2 Å². The molecule has 0 radical (unpaired) electrons. The van der Waals surface area contributed by atoms with E-state index in [1.165, 1.54) is 0 Å². The highest BCUT2D eigenvalue weighted by Gasteiger charge is 2.29. The summed E-state index contributed by atoms with van der Waals surface area (Å²) in [6.45, 7) is 0.775. The minimum absolute atomic E-state index is 0.775. The maximum Gasteiger partial charge on any atom is 0.283 e. The maximum atomic E-state index is 10.2. The SMILES string of the molecule is CC(S(=O)(=O)O)S(=O)(=O)Cl. The summed E-state index contributed by atoms with van der Waals surface area (Å²) >= 11 is 0. The van der Waals surface area contributed by atoms with Crippen LogP contribution >= 0.6 is 10.7 Å². The molecule has 5 nitrogen and oxygen atoms in total. The van der Waals surface area contributed by atoms with Crippen LogP contribution in [0.4, 0.5) is 0 Å². The summed E-state index contributed by atoms with van der Waals surface area (Å²) in [5.74, 6) is 0. The fourth-order valence-corrected chi connectivity index (χ4v) is 2.13. The van der Waals surface area contributed by atoms with Crippen molar-refractivity contribution in [1.82, 2.24) is 0 Å². The predicted molar refractivity (Wildman–Crippen MR) is 35.8 cm³/mol. The molecule has 1 atom stereocenters. The van der Waals surface area contributed by atoms with Crippen LogP contribution in [0.15, 0.2) is 0 Å². The van der Waals surface area contributed by atoms with Crippen molar-refractivity contribution in [3.05, 3.63) is 0 Å². The van der Waals surface area contributed by atoms with Gasteiger partial charge in [0.1, 0.15) is 0 Å². The van der Waals surface area contributed by atoms with E-state index in [9.17, 15) is 16.8 Å². The van der Waals surface area contributed by atoms with Gasteiger partial charge in [0.15, 0.2) is 4.58 Å². The molecule has 0 aliphatic heterocycles. The lowest BCUT2D eigenvalue weighted by Gasteiger charge is -2.00. The van der Waals surface area contributed by atoms with Crippen molar-refractivity contribution >= 4 is 29.9 Å². The van der Waals surface area contributed by atoms with Gasteiger partial charge in [-0.2, -0.15) is 8.42 Å². The van der Waals surface area contributed by atoms with Crippen LogP contribution < -0.4 is 0 Å². The van der Waals surface area contributed by atoms with E-state index in [-0.39, 0.29) is 0 Å². The Balaban J connectivity index is 4.94. The average Bonchev–Trinajstić information content (AvgIpc) is 1.59. The molecule has 0 bridgehead atoms. The Morgan fingerprint density at radius 2 is 1.60 bits per heavy atom. The van der Waals surface area contributed by atoms with Crippen molar-refractivity contribution in [2.24, 2.45) is 0 Å². The van der Waals surface area contributed by atoms with E-state index in [0.29, 0.717) is 0 Å².